The number of carboxylic acids is 1. The van der Waals surface area contributed by atoms with Crippen molar-refractivity contribution in [2.75, 3.05) is 0 Å². The number of carbonyl (C=O) groups is 2. The zero-order valence-electron chi connectivity index (χ0n) is 11.2. The monoisotopic (exact) mass is 307 g/mol. The molecular formula is C13H13N3O4S. The molecule has 1 aliphatic rings. The first-order valence-electron chi connectivity index (χ1n) is 6.49. The number of aliphatic carboxylic acids is 1. The van der Waals surface area contributed by atoms with E-state index in [2.05, 4.69) is 15.3 Å². The first-order chi connectivity index (χ1) is 9.99. The lowest BCUT2D eigenvalue weighted by Crippen LogP contribution is -2.42. The Morgan fingerprint density at radius 2 is 2.24 bits per heavy atom. The van der Waals surface area contributed by atoms with Gasteiger partial charge in [-0.15, -0.1) is 11.3 Å². The fourth-order valence-electron chi connectivity index (χ4n) is 2.31. The Labute approximate surface area is 123 Å². The lowest BCUT2D eigenvalue weighted by Gasteiger charge is -2.12. The van der Waals surface area contributed by atoms with E-state index in [0.29, 0.717) is 20.7 Å². The van der Waals surface area contributed by atoms with Crippen LogP contribution in [0, 0.1) is 12.8 Å². The highest BCUT2D eigenvalue weighted by molar-refractivity contribution is 7.20. The fourth-order valence-corrected chi connectivity index (χ4v) is 3.37. The second-order valence-corrected chi connectivity index (χ2v) is 6.09. The number of aryl methyl sites for hydroxylation is 1. The quantitative estimate of drug-likeness (QED) is 0.776. The molecule has 1 aliphatic carbocycles. The molecule has 3 rings (SSSR count). The first kappa shape index (κ1) is 13.7. The standard InChI is InChI=1S/C13H13N3O4S/c1-5-7-10(17)14-4-15-12(7)21-9(5)11(18)16-8(13(19)20)6-2-3-6/h4,6,8H,2-3H2,1H3,(H,16,18)(H,19,20)(H,14,15,17). The normalized spacial score (nSPS) is 15.9. The number of aromatic amines is 1. The van der Waals surface area contributed by atoms with Crippen LogP contribution < -0.4 is 10.9 Å². The zero-order chi connectivity index (χ0) is 15.1. The van der Waals surface area contributed by atoms with Gasteiger partial charge in [-0.2, -0.15) is 0 Å². The third-order valence-corrected chi connectivity index (χ3v) is 4.78. The highest BCUT2D eigenvalue weighted by Gasteiger charge is 2.37. The number of thiophene rings is 1. The molecule has 0 saturated heterocycles. The maximum absolute atomic E-state index is 12.3. The van der Waals surface area contributed by atoms with Crippen molar-refractivity contribution in [2.45, 2.75) is 25.8 Å². The van der Waals surface area contributed by atoms with Gasteiger partial charge in [-0.1, -0.05) is 0 Å². The Morgan fingerprint density at radius 3 is 2.81 bits per heavy atom. The Bertz CT molecular complexity index is 790. The van der Waals surface area contributed by atoms with Crippen LogP contribution in [0.25, 0.3) is 10.2 Å². The van der Waals surface area contributed by atoms with Crippen molar-refractivity contribution in [3.8, 4) is 0 Å². The minimum Gasteiger partial charge on any atom is -0.480 e. The number of hydrogen-bond acceptors (Lipinski definition) is 5. The SMILES string of the molecule is Cc1c(C(=O)NC(C(=O)O)C2CC2)sc2nc[nH]c(=O)c12. The largest absolute Gasteiger partial charge is 0.480 e. The molecule has 1 unspecified atom stereocenters. The van der Waals surface area contributed by atoms with E-state index in [1.807, 2.05) is 0 Å². The molecule has 7 nitrogen and oxygen atoms in total. The molecule has 1 atom stereocenters. The lowest BCUT2D eigenvalue weighted by molar-refractivity contribution is -0.139. The van der Waals surface area contributed by atoms with E-state index in [4.69, 9.17) is 5.11 Å². The summed E-state index contributed by atoms with van der Waals surface area (Å²) in [7, 11) is 0. The maximum Gasteiger partial charge on any atom is 0.326 e. The van der Waals surface area contributed by atoms with E-state index in [1.165, 1.54) is 6.33 Å². The molecule has 0 radical (unpaired) electrons. The van der Waals surface area contributed by atoms with Crippen LogP contribution in [0.5, 0.6) is 0 Å². The number of H-pyrrole nitrogens is 1. The number of rotatable bonds is 4. The third kappa shape index (κ3) is 2.42. The van der Waals surface area contributed by atoms with Gasteiger partial charge in [-0.05, 0) is 31.2 Å². The van der Waals surface area contributed by atoms with Gasteiger partial charge in [0.05, 0.1) is 16.6 Å². The van der Waals surface area contributed by atoms with Crippen LogP contribution in [-0.2, 0) is 4.79 Å². The first-order valence-corrected chi connectivity index (χ1v) is 7.31. The minimum absolute atomic E-state index is 0.00247. The van der Waals surface area contributed by atoms with E-state index < -0.39 is 17.9 Å². The second kappa shape index (κ2) is 4.96. The molecule has 0 aromatic carbocycles. The lowest BCUT2D eigenvalue weighted by atomic mass is 10.1. The number of hydrogen-bond donors (Lipinski definition) is 3. The molecule has 21 heavy (non-hydrogen) atoms. The number of nitrogens with zero attached hydrogens (tertiary/aromatic N) is 1. The van der Waals surface area contributed by atoms with Crippen molar-refractivity contribution in [1.29, 1.82) is 0 Å². The number of carbonyl (C=O) groups excluding carboxylic acids is 1. The summed E-state index contributed by atoms with van der Waals surface area (Å²) in [6.07, 6.45) is 2.90. The van der Waals surface area contributed by atoms with Crippen molar-refractivity contribution in [2.24, 2.45) is 5.92 Å². The van der Waals surface area contributed by atoms with Crippen molar-refractivity contribution in [1.82, 2.24) is 15.3 Å². The molecule has 1 fully saturated rings. The van der Waals surface area contributed by atoms with Gasteiger partial charge in [0.25, 0.3) is 11.5 Å². The predicted molar refractivity (Wildman–Crippen MR) is 76.6 cm³/mol. The summed E-state index contributed by atoms with van der Waals surface area (Å²) in [5.41, 5.74) is 0.228. The third-order valence-electron chi connectivity index (χ3n) is 3.58. The van der Waals surface area contributed by atoms with Crippen molar-refractivity contribution in [3.63, 3.8) is 0 Å². The molecule has 0 aliphatic heterocycles. The Morgan fingerprint density at radius 1 is 1.52 bits per heavy atom. The molecular weight excluding hydrogens is 294 g/mol. The van der Waals surface area contributed by atoms with Gasteiger partial charge in [0.15, 0.2) is 0 Å². The summed E-state index contributed by atoms with van der Waals surface area (Å²) < 4.78 is 0. The van der Waals surface area contributed by atoms with Crippen LogP contribution >= 0.6 is 11.3 Å². The van der Waals surface area contributed by atoms with Gasteiger partial charge in [0, 0.05) is 0 Å². The Kier molecular flexibility index (Phi) is 3.25. The topological polar surface area (TPSA) is 112 Å². The number of nitrogens with one attached hydrogen (secondary N) is 2. The van der Waals surface area contributed by atoms with Gasteiger partial charge in [-0.25, -0.2) is 9.78 Å². The smallest absolute Gasteiger partial charge is 0.326 e. The fraction of sp³-hybridized carbons (Fsp3) is 0.385. The van der Waals surface area contributed by atoms with E-state index in [1.54, 1.807) is 6.92 Å². The van der Waals surface area contributed by atoms with Crippen molar-refractivity contribution in [3.05, 3.63) is 27.1 Å². The van der Waals surface area contributed by atoms with Crippen LogP contribution in [-0.4, -0.2) is 33.0 Å². The van der Waals surface area contributed by atoms with Crippen LogP contribution in [0.1, 0.15) is 28.1 Å². The van der Waals surface area contributed by atoms with Gasteiger partial charge in [0.2, 0.25) is 0 Å². The van der Waals surface area contributed by atoms with Crippen LogP contribution in [0.3, 0.4) is 0 Å². The van der Waals surface area contributed by atoms with Crippen LogP contribution in [0.15, 0.2) is 11.1 Å². The van der Waals surface area contributed by atoms with E-state index >= 15 is 0 Å². The molecule has 110 valence electrons. The summed E-state index contributed by atoms with van der Waals surface area (Å²) in [6.45, 7) is 1.66. The molecule has 1 amide bonds. The van der Waals surface area contributed by atoms with E-state index in [0.717, 1.165) is 24.2 Å². The highest BCUT2D eigenvalue weighted by atomic mass is 32.1. The van der Waals surface area contributed by atoms with Gasteiger partial charge in [0.1, 0.15) is 10.9 Å². The zero-order valence-corrected chi connectivity index (χ0v) is 12.0. The second-order valence-electron chi connectivity index (χ2n) is 5.09. The molecule has 2 aromatic heterocycles. The molecule has 1 saturated carbocycles. The molecule has 0 spiro atoms. The molecule has 8 heteroatoms. The maximum atomic E-state index is 12.3. The van der Waals surface area contributed by atoms with Crippen LogP contribution in [0.4, 0.5) is 0 Å². The number of aromatic nitrogens is 2. The Hall–Kier alpha value is -2.22. The summed E-state index contributed by atoms with van der Waals surface area (Å²) >= 11 is 1.10. The average molecular weight is 307 g/mol. The summed E-state index contributed by atoms with van der Waals surface area (Å²) in [6, 6.07) is -0.867. The van der Waals surface area contributed by atoms with Gasteiger partial charge >= 0.3 is 5.97 Å². The number of fused-ring (bicyclic) bond motifs is 1. The van der Waals surface area contributed by atoms with Crippen molar-refractivity contribution >= 4 is 33.4 Å². The van der Waals surface area contributed by atoms with E-state index in [9.17, 15) is 14.4 Å². The molecule has 0 bridgehead atoms. The van der Waals surface area contributed by atoms with Crippen molar-refractivity contribution < 1.29 is 14.7 Å². The van der Waals surface area contributed by atoms with E-state index in [-0.39, 0.29) is 11.5 Å². The minimum atomic E-state index is -1.03. The Balaban J connectivity index is 1.94. The van der Waals surface area contributed by atoms with Gasteiger partial charge < -0.3 is 15.4 Å². The summed E-state index contributed by atoms with van der Waals surface area (Å²) in [5, 5.41) is 12.1. The highest BCUT2D eigenvalue weighted by Crippen LogP contribution is 2.33. The summed E-state index contributed by atoms with van der Waals surface area (Å²) in [5.74, 6) is -1.49. The predicted octanol–water partition coefficient (Wildman–Crippen LogP) is 0.886. The molecule has 2 aromatic rings. The molecule has 3 N–H and O–H groups in total. The summed E-state index contributed by atoms with van der Waals surface area (Å²) in [4.78, 5) is 42.5. The van der Waals surface area contributed by atoms with Crippen LogP contribution in [0.2, 0.25) is 0 Å². The number of carboxylic acid groups (broad SMARTS) is 1. The average Bonchev–Trinajstić information content (AvgIpc) is 3.20. The number of amides is 1. The van der Waals surface area contributed by atoms with Gasteiger partial charge in [-0.3, -0.25) is 9.59 Å². The molecule has 2 heterocycles.